The summed E-state index contributed by atoms with van der Waals surface area (Å²) < 4.78 is 37.3. The number of anilines is 1. The van der Waals surface area contributed by atoms with Crippen LogP contribution in [-0.4, -0.2) is 10.7 Å². The minimum absolute atomic E-state index is 0.0572. The van der Waals surface area contributed by atoms with Crippen molar-refractivity contribution in [1.29, 1.82) is 5.26 Å². The van der Waals surface area contributed by atoms with E-state index in [1.807, 2.05) is 0 Å². The van der Waals surface area contributed by atoms with Crippen LogP contribution >= 0.6 is 15.9 Å². The summed E-state index contributed by atoms with van der Waals surface area (Å²) in [6, 6.07) is 4.20. The van der Waals surface area contributed by atoms with Crippen LogP contribution in [0.5, 0.6) is 0 Å². The predicted octanol–water partition coefficient (Wildman–Crippen LogP) is 3.30. The summed E-state index contributed by atoms with van der Waals surface area (Å²) in [5.41, 5.74) is -1.10. The highest BCUT2D eigenvalue weighted by Crippen LogP contribution is 2.31. The number of halogens is 4. The third-order valence-electron chi connectivity index (χ3n) is 2.09. The van der Waals surface area contributed by atoms with Crippen molar-refractivity contribution in [1.82, 2.24) is 0 Å². The monoisotopic (exact) mass is 320 g/mol. The minimum Gasteiger partial charge on any atom is -0.324 e. The van der Waals surface area contributed by atoms with Gasteiger partial charge in [-0.05, 0) is 25.1 Å². The van der Waals surface area contributed by atoms with Crippen LogP contribution in [0.2, 0.25) is 0 Å². The van der Waals surface area contributed by atoms with Gasteiger partial charge in [0.05, 0.1) is 21.6 Å². The van der Waals surface area contributed by atoms with Crippen LogP contribution in [0.4, 0.5) is 18.9 Å². The number of hydrogen-bond acceptors (Lipinski definition) is 2. The molecule has 96 valence electrons. The first-order chi connectivity index (χ1) is 8.25. The molecule has 0 aliphatic rings. The lowest BCUT2D eigenvalue weighted by Gasteiger charge is -2.11. The Bertz CT molecular complexity index is 506. The fourth-order valence-corrected chi connectivity index (χ4v) is 1.27. The maximum absolute atomic E-state index is 12.4. The van der Waals surface area contributed by atoms with Gasteiger partial charge < -0.3 is 5.32 Å². The Hall–Kier alpha value is -1.55. The average Bonchev–Trinajstić information content (AvgIpc) is 2.27. The third-order valence-corrected chi connectivity index (χ3v) is 2.50. The van der Waals surface area contributed by atoms with E-state index in [-0.39, 0.29) is 11.3 Å². The molecule has 0 aromatic heterocycles. The molecule has 1 rings (SSSR count). The Kier molecular flexibility index (Phi) is 4.35. The molecule has 3 nitrogen and oxygen atoms in total. The molecule has 1 aromatic rings. The number of benzene rings is 1. The highest BCUT2D eigenvalue weighted by molar-refractivity contribution is 9.10. The normalized spacial score (nSPS) is 12.7. The van der Waals surface area contributed by atoms with E-state index in [0.29, 0.717) is 6.07 Å². The first-order valence-corrected chi connectivity index (χ1v) is 5.73. The molecule has 18 heavy (non-hydrogen) atoms. The van der Waals surface area contributed by atoms with Gasteiger partial charge in [-0.1, -0.05) is 15.9 Å². The lowest BCUT2D eigenvalue weighted by Crippen LogP contribution is -2.20. The summed E-state index contributed by atoms with van der Waals surface area (Å²) in [4.78, 5) is 10.9. The van der Waals surface area contributed by atoms with Crippen molar-refractivity contribution in [3.8, 4) is 6.07 Å². The molecule has 0 saturated carbocycles. The number of carbonyl (C=O) groups is 1. The zero-order valence-electron chi connectivity index (χ0n) is 9.18. The van der Waals surface area contributed by atoms with Gasteiger partial charge in [0.1, 0.15) is 6.07 Å². The maximum Gasteiger partial charge on any atom is 0.416 e. The molecule has 1 aromatic carbocycles. The minimum atomic E-state index is -4.52. The smallest absolute Gasteiger partial charge is 0.324 e. The molecule has 7 heteroatoms. The number of carbonyl (C=O) groups excluding carboxylic acids is 1. The van der Waals surface area contributed by atoms with Crippen molar-refractivity contribution in [3.63, 3.8) is 0 Å². The Morgan fingerprint density at radius 3 is 2.56 bits per heavy atom. The number of rotatable bonds is 2. The van der Waals surface area contributed by atoms with Crippen molar-refractivity contribution in [3.05, 3.63) is 29.3 Å². The molecule has 0 saturated heterocycles. The van der Waals surface area contributed by atoms with E-state index in [4.69, 9.17) is 5.26 Å². The summed E-state index contributed by atoms with van der Waals surface area (Å²) in [6.07, 6.45) is -4.52. The number of amides is 1. The number of nitriles is 1. The molecule has 0 aliphatic heterocycles. The molecule has 0 radical (unpaired) electrons. The first kappa shape index (κ1) is 14.5. The molecule has 1 atom stereocenters. The van der Waals surface area contributed by atoms with E-state index < -0.39 is 22.5 Å². The summed E-state index contributed by atoms with van der Waals surface area (Å²) in [5, 5.41) is 11.1. The first-order valence-electron chi connectivity index (χ1n) is 4.82. The van der Waals surface area contributed by atoms with Crippen LogP contribution in [-0.2, 0) is 11.0 Å². The van der Waals surface area contributed by atoms with E-state index in [2.05, 4.69) is 21.2 Å². The van der Waals surface area contributed by atoms with Crippen LogP contribution in [0.1, 0.15) is 18.1 Å². The summed E-state index contributed by atoms with van der Waals surface area (Å²) in [5.74, 6) is -0.439. The zero-order valence-corrected chi connectivity index (χ0v) is 10.8. The van der Waals surface area contributed by atoms with Crippen molar-refractivity contribution in [2.24, 2.45) is 0 Å². The molecule has 1 amide bonds. The van der Waals surface area contributed by atoms with Gasteiger partial charge in [-0.25, -0.2) is 0 Å². The van der Waals surface area contributed by atoms with Gasteiger partial charge in [0, 0.05) is 0 Å². The molecular weight excluding hydrogens is 313 g/mol. The fraction of sp³-hybridized carbons (Fsp3) is 0.273. The van der Waals surface area contributed by atoms with Crippen LogP contribution in [0, 0.1) is 11.3 Å². The van der Waals surface area contributed by atoms with Crippen molar-refractivity contribution in [2.45, 2.75) is 17.9 Å². The van der Waals surface area contributed by atoms with Crippen molar-refractivity contribution < 1.29 is 18.0 Å². The van der Waals surface area contributed by atoms with Gasteiger partial charge >= 0.3 is 6.18 Å². The SMILES string of the molecule is CC(Br)C(=O)Nc1ccc(C(F)(F)F)cc1C#N. The van der Waals surface area contributed by atoms with Crippen LogP contribution in [0.15, 0.2) is 18.2 Å². The van der Waals surface area contributed by atoms with E-state index >= 15 is 0 Å². The fourth-order valence-electron chi connectivity index (χ4n) is 1.15. The van der Waals surface area contributed by atoms with Gasteiger partial charge in [-0.2, -0.15) is 18.4 Å². The molecule has 0 heterocycles. The topological polar surface area (TPSA) is 52.9 Å². The highest BCUT2D eigenvalue weighted by atomic mass is 79.9. The molecule has 1 N–H and O–H groups in total. The van der Waals surface area contributed by atoms with Crippen LogP contribution < -0.4 is 5.32 Å². The average molecular weight is 321 g/mol. The molecule has 0 fully saturated rings. The quantitative estimate of drug-likeness (QED) is 0.850. The summed E-state index contributed by atoms with van der Waals surface area (Å²) in [7, 11) is 0. The standard InChI is InChI=1S/C11H8BrF3N2O/c1-6(12)10(18)17-9-3-2-8(11(13,14)15)4-7(9)5-16/h2-4,6H,1H3,(H,17,18). The molecule has 0 aliphatic carbocycles. The van der Waals surface area contributed by atoms with E-state index in [1.165, 1.54) is 0 Å². The number of hydrogen-bond donors (Lipinski definition) is 1. The molecule has 0 bridgehead atoms. The maximum atomic E-state index is 12.4. The lowest BCUT2D eigenvalue weighted by molar-refractivity contribution is -0.137. The van der Waals surface area contributed by atoms with E-state index in [1.54, 1.807) is 13.0 Å². The number of nitrogens with zero attached hydrogens (tertiary/aromatic N) is 1. The van der Waals surface area contributed by atoms with E-state index in [9.17, 15) is 18.0 Å². The Morgan fingerprint density at radius 1 is 1.50 bits per heavy atom. The predicted molar refractivity (Wildman–Crippen MR) is 63.2 cm³/mol. The van der Waals surface area contributed by atoms with Crippen LogP contribution in [0.3, 0.4) is 0 Å². The Morgan fingerprint density at radius 2 is 2.11 bits per heavy atom. The largest absolute Gasteiger partial charge is 0.416 e. The Balaban J connectivity index is 3.10. The van der Waals surface area contributed by atoms with Crippen molar-refractivity contribution >= 4 is 27.5 Å². The van der Waals surface area contributed by atoms with Gasteiger partial charge in [-0.15, -0.1) is 0 Å². The lowest BCUT2D eigenvalue weighted by atomic mass is 10.1. The summed E-state index contributed by atoms with van der Waals surface area (Å²) in [6.45, 7) is 1.56. The second-order valence-electron chi connectivity index (χ2n) is 3.48. The molecule has 1 unspecified atom stereocenters. The van der Waals surface area contributed by atoms with Gasteiger partial charge in [0.25, 0.3) is 0 Å². The van der Waals surface area contributed by atoms with E-state index in [0.717, 1.165) is 12.1 Å². The number of alkyl halides is 4. The number of nitrogens with one attached hydrogen (secondary N) is 1. The van der Waals surface area contributed by atoms with Gasteiger partial charge in [-0.3, -0.25) is 4.79 Å². The Labute approximate surface area is 110 Å². The van der Waals surface area contributed by atoms with Gasteiger partial charge in [0.2, 0.25) is 5.91 Å². The molecule has 0 spiro atoms. The van der Waals surface area contributed by atoms with Crippen molar-refractivity contribution in [2.75, 3.05) is 5.32 Å². The highest BCUT2D eigenvalue weighted by Gasteiger charge is 2.31. The zero-order chi connectivity index (χ0) is 13.9. The second-order valence-corrected chi connectivity index (χ2v) is 4.85. The molecular formula is C11H8BrF3N2O. The van der Waals surface area contributed by atoms with Crippen LogP contribution in [0.25, 0.3) is 0 Å². The third kappa shape index (κ3) is 3.47. The second kappa shape index (κ2) is 5.40. The summed E-state index contributed by atoms with van der Waals surface area (Å²) >= 11 is 3.02. The van der Waals surface area contributed by atoms with Gasteiger partial charge in [0.15, 0.2) is 0 Å².